The molecule has 0 unspecified atom stereocenters. The van der Waals surface area contributed by atoms with Crippen molar-refractivity contribution in [2.45, 2.75) is 33.2 Å². The van der Waals surface area contributed by atoms with Gasteiger partial charge < -0.3 is 11.1 Å². The van der Waals surface area contributed by atoms with Crippen LogP contribution in [0.3, 0.4) is 0 Å². The molecule has 0 saturated heterocycles. The predicted molar refractivity (Wildman–Crippen MR) is 70.9 cm³/mol. The highest BCUT2D eigenvalue weighted by atomic mass is 16.2. The minimum atomic E-state index is -0.473. The number of carbonyl (C=O) groups is 1. The van der Waals surface area contributed by atoms with Gasteiger partial charge in [-0.25, -0.2) is 9.50 Å². The van der Waals surface area contributed by atoms with E-state index >= 15 is 0 Å². The molecule has 7 heteroatoms. The Kier molecular flexibility index (Phi) is 3.23. The van der Waals surface area contributed by atoms with Crippen molar-refractivity contribution in [2.24, 2.45) is 5.73 Å². The number of aryl methyl sites for hydroxylation is 2. The van der Waals surface area contributed by atoms with E-state index < -0.39 is 5.54 Å². The van der Waals surface area contributed by atoms with Crippen LogP contribution in [0.15, 0.2) is 6.07 Å². The molecule has 0 aliphatic carbocycles. The van der Waals surface area contributed by atoms with Gasteiger partial charge in [-0.2, -0.15) is 4.98 Å². The Morgan fingerprint density at radius 2 is 2.11 bits per heavy atom. The lowest BCUT2D eigenvalue weighted by Crippen LogP contribution is -2.45. The Morgan fingerprint density at radius 3 is 2.74 bits per heavy atom. The third-order valence-electron chi connectivity index (χ3n) is 2.53. The second-order valence-corrected chi connectivity index (χ2v) is 5.36. The van der Waals surface area contributed by atoms with Crippen molar-refractivity contribution in [3.05, 3.63) is 23.3 Å². The normalized spacial score (nSPS) is 11.8. The maximum atomic E-state index is 11.9. The number of rotatable bonds is 3. The monoisotopic (exact) mass is 262 g/mol. The zero-order chi connectivity index (χ0) is 14.2. The zero-order valence-electron chi connectivity index (χ0n) is 11.6. The number of aromatic nitrogens is 4. The van der Waals surface area contributed by atoms with Crippen LogP contribution >= 0.6 is 0 Å². The molecule has 2 aromatic heterocycles. The van der Waals surface area contributed by atoms with Gasteiger partial charge in [0.05, 0.1) is 0 Å². The highest BCUT2D eigenvalue weighted by molar-refractivity contribution is 5.90. The first-order valence-electron chi connectivity index (χ1n) is 6.04. The lowest BCUT2D eigenvalue weighted by atomic mass is 10.1. The van der Waals surface area contributed by atoms with Crippen LogP contribution in [0.25, 0.3) is 5.78 Å². The molecular weight excluding hydrogens is 244 g/mol. The molecule has 1 amide bonds. The minimum Gasteiger partial charge on any atom is -0.347 e. The zero-order valence-corrected chi connectivity index (χ0v) is 11.6. The van der Waals surface area contributed by atoms with Gasteiger partial charge in [0, 0.05) is 23.5 Å². The van der Waals surface area contributed by atoms with Crippen molar-refractivity contribution in [2.75, 3.05) is 6.54 Å². The number of amides is 1. The summed E-state index contributed by atoms with van der Waals surface area (Å²) < 4.78 is 1.55. The lowest BCUT2D eigenvalue weighted by molar-refractivity contribution is 0.0936. The van der Waals surface area contributed by atoms with E-state index in [-0.39, 0.29) is 11.7 Å². The van der Waals surface area contributed by atoms with E-state index in [1.807, 2.05) is 33.8 Å². The Balaban J connectivity index is 2.26. The van der Waals surface area contributed by atoms with Gasteiger partial charge in [-0.3, -0.25) is 4.79 Å². The fourth-order valence-corrected chi connectivity index (χ4v) is 1.65. The molecule has 102 valence electrons. The van der Waals surface area contributed by atoms with Gasteiger partial charge in [-0.1, -0.05) is 0 Å². The van der Waals surface area contributed by atoms with Gasteiger partial charge in [-0.15, -0.1) is 5.10 Å². The maximum absolute atomic E-state index is 11.9. The topological polar surface area (TPSA) is 98.2 Å². The van der Waals surface area contributed by atoms with E-state index in [2.05, 4.69) is 20.4 Å². The first-order chi connectivity index (χ1) is 8.76. The Labute approximate surface area is 111 Å². The Hall–Kier alpha value is -2.02. The van der Waals surface area contributed by atoms with Crippen LogP contribution in [0.5, 0.6) is 0 Å². The molecule has 2 rings (SSSR count). The molecule has 0 spiro atoms. The second-order valence-electron chi connectivity index (χ2n) is 5.36. The number of nitrogens with two attached hydrogens (primary N) is 1. The first-order valence-corrected chi connectivity index (χ1v) is 6.04. The summed E-state index contributed by atoms with van der Waals surface area (Å²) in [5, 5.41) is 6.85. The number of hydrogen-bond acceptors (Lipinski definition) is 5. The molecule has 0 aliphatic rings. The highest BCUT2D eigenvalue weighted by Gasteiger charge is 2.17. The third kappa shape index (κ3) is 3.05. The number of carbonyl (C=O) groups excluding carboxylic acids is 1. The third-order valence-corrected chi connectivity index (χ3v) is 2.53. The molecule has 2 aromatic rings. The van der Waals surface area contributed by atoms with E-state index in [9.17, 15) is 4.79 Å². The molecular formula is C12H18N6O. The van der Waals surface area contributed by atoms with Crippen molar-refractivity contribution < 1.29 is 4.79 Å². The van der Waals surface area contributed by atoms with Crippen LogP contribution in [-0.4, -0.2) is 37.6 Å². The molecule has 0 fully saturated rings. The first kappa shape index (κ1) is 13.4. The van der Waals surface area contributed by atoms with Gasteiger partial charge >= 0.3 is 0 Å². The predicted octanol–water partition coefficient (Wildman–Crippen LogP) is 0.208. The van der Waals surface area contributed by atoms with Crippen molar-refractivity contribution in [1.29, 1.82) is 0 Å². The molecule has 0 radical (unpaired) electrons. The van der Waals surface area contributed by atoms with Gasteiger partial charge in [0.2, 0.25) is 5.82 Å². The van der Waals surface area contributed by atoms with Crippen molar-refractivity contribution in [3.63, 3.8) is 0 Å². The second kappa shape index (κ2) is 4.58. The number of hydrogen-bond donors (Lipinski definition) is 2. The summed E-state index contributed by atoms with van der Waals surface area (Å²) in [6.07, 6.45) is 0. The molecule has 0 saturated carbocycles. The van der Waals surface area contributed by atoms with E-state index in [1.165, 1.54) is 0 Å². The maximum Gasteiger partial charge on any atom is 0.291 e. The molecule has 19 heavy (non-hydrogen) atoms. The van der Waals surface area contributed by atoms with Crippen molar-refractivity contribution >= 4 is 11.7 Å². The standard InChI is InChI=1S/C12H18N6O/c1-7-5-8(2)18-11(15-7)16-9(17-18)10(19)14-6-12(3,4)13/h5H,6,13H2,1-4H3,(H,14,19). The highest BCUT2D eigenvalue weighted by Crippen LogP contribution is 2.05. The van der Waals surface area contributed by atoms with Crippen LogP contribution in [0, 0.1) is 13.8 Å². The number of fused-ring (bicyclic) bond motifs is 1. The van der Waals surface area contributed by atoms with Crippen LogP contribution in [0.1, 0.15) is 35.9 Å². The summed E-state index contributed by atoms with van der Waals surface area (Å²) in [5.74, 6) is 0.182. The van der Waals surface area contributed by atoms with Crippen LogP contribution in [0.4, 0.5) is 0 Å². The SMILES string of the molecule is Cc1cc(C)n2nc(C(=O)NCC(C)(C)N)nc2n1. The summed E-state index contributed by atoms with van der Waals surface area (Å²) in [6, 6.07) is 1.88. The molecule has 0 aliphatic heterocycles. The number of nitrogens with zero attached hydrogens (tertiary/aromatic N) is 4. The molecule has 3 N–H and O–H groups in total. The smallest absolute Gasteiger partial charge is 0.291 e. The van der Waals surface area contributed by atoms with Crippen molar-refractivity contribution in [1.82, 2.24) is 24.9 Å². The van der Waals surface area contributed by atoms with Crippen LogP contribution in [0.2, 0.25) is 0 Å². The molecule has 2 heterocycles. The van der Waals surface area contributed by atoms with Gasteiger partial charge in [0.1, 0.15) is 0 Å². The van der Waals surface area contributed by atoms with Crippen LogP contribution in [-0.2, 0) is 0 Å². The van der Waals surface area contributed by atoms with E-state index in [0.29, 0.717) is 12.3 Å². The molecule has 0 bridgehead atoms. The van der Waals surface area contributed by atoms with Crippen LogP contribution < -0.4 is 11.1 Å². The Morgan fingerprint density at radius 1 is 1.42 bits per heavy atom. The summed E-state index contributed by atoms with van der Waals surface area (Å²) in [4.78, 5) is 20.3. The number of nitrogens with one attached hydrogen (secondary N) is 1. The van der Waals surface area contributed by atoms with Gasteiger partial charge in [-0.05, 0) is 33.8 Å². The molecule has 7 nitrogen and oxygen atoms in total. The lowest BCUT2D eigenvalue weighted by Gasteiger charge is -2.17. The average Bonchev–Trinajstić information content (AvgIpc) is 2.68. The fraction of sp³-hybridized carbons (Fsp3) is 0.500. The fourth-order valence-electron chi connectivity index (χ4n) is 1.65. The van der Waals surface area contributed by atoms with E-state index in [1.54, 1.807) is 4.52 Å². The van der Waals surface area contributed by atoms with E-state index in [4.69, 9.17) is 5.73 Å². The Bertz CT molecular complexity index is 625. The molecule has 0 aromatic carbocycles. The average molecular weight is 262 g/mol. The largest absolute Gasteiger partial charge is 0.347 e. The van der Waals surface area contributed by atoms with E-state index in [0.717, 1.165) is 11.4 Å². The summed E-state index contributed by atoms with van der Waals surface area (Å²) in [6.45, 7) is 7.78. The summed E-state index contributed by atoms with van der Waals surface area (Å²) in [5.41, 5.74) is 7.06. The molecule has 0 atom stereocenters. The minimum absolute atomic E-state index is 0.102. The quantitative estimate of drug-likeness (QED) is 0.823. The summed E-state index contributed by atoms with van der Waals surface area (Å²) in [7, 11) is 0. The van der Waals surface area contributed by atoms with Gasteiger partial charge in [0.25, 0.3) is 11.7 Å². The van der Waals surface area contributed by atoms with Crippen molar-refractivity contribution in [3.8, 4) is 0 Å². The van der Waals surface area contributed by atoms with Gasteiger partial charge in [0.15, 0.2) is 0 Å². The summed E-state index contributed by atoms with van der Waals surface area (Å²) >= 11 is 0.